The van der Waals surface area contributed by atoms with E-state index in [4.69, 9.17) is 5.11 Å². The minimum Gasteiger partial charge on any atom is -0.478 e. The molecular formula is C11H12O3. The molecule has 74 valence electrons. The summed E-state index contributed by atoms with van der Waals surface area (Å²) in [4.78, 5) is 10.6. The number of carboxylic acid groups (broad SMARTS) is 1. The molecule has 14 heavy (non-hydrogen) atoms. The third kappa shape index (κ3) is 1.40. The molecule has 1 fully saturated rings. The molecule has 1 aliphatic rings. The highest BCUT2D eigenvalue weighted by Crippen LogP contribution is 2.47. The maximum Gasteiger partial charge on any atom is 0.335 e. The minimum absolute atomic E-state index is 0.0724. The Balaban J connectivity index is 2.26. The lowest BCUT2D eigenvalue weighted by Gasteiger charge is -2.11. The Morgan fingerprint density at radius 3 is 2.21 bits per heavy atom. The van der Waals surface area contributed by atoms with Crippen molar-refractivity contribution in [1.82, 2.24) is 0 Å². The summed E-state index contributed by atoms with van der Waals surface area (Å²) in [6.07, 6.45) is 1.99. The maximum absolute atomic E-state index is 10.6. The normalized spacial score (nSPS) is 17.8. The molecule has 0 aliphatic heterocycles. The quantitative estimate of drug-likeness (QED) is 0.761. The number of hydrogen-bond donors (Lipinski definition) is 2. The van der Waals surface area contributed by atoms with Crippen molar-refractivity contribution in [3.63, 3.8) is 0 Å². The Labute approximate surface area is 82.0 Å². The molecule has 0 unspecified atom stereocenters. The van der Waals surface area contributed by atoms with E-state index >= 15 is 0 Å². The van der Waals surface area contributed by atoms with Crippen LogP contribution in [0, 0.1) is 0 Å². The number of hydrogen-bond acceptors (Lipinski definition) is 2. The van der Waals surface area contributed by atoms with Gasteiger partial charge >= 0.3 is 5.97 Å². The molecule has 0 heterocycles. The van der Waals surface area contributed by atoms with E-state index in [1.807, 2.05) is 0 Å². The van der Waals surface area contributed by atoms with Gasteiger partial charge < -0.3 is 10.2 Å². The fourth-order valence-corrected chi connectivity index (χ4v) is 1.66. The van der Waals surface area contributed by atoms with E-state index in [0.717, 1.165) is 18.4 Å². The first-order valence-corrected chi connectivity index (χ1v) is 4.63. The zero-order chi connectivity index (χ0) is 10.2. The zero-order valence-corrected chi connectivity index (χ0v) is 7.73. The molecule has 0 saturated heterocycles. The van der Waals surface area contributed by atoms with E-state index in [9.17, 15) is 9.90 Å². The largest absolute Gasteiger partial charge is 0.478 e. The van der Waals surface area contributed by atoms with Crippen molar-refractivity contribution < 1.29 is 15.0 Å². The predicted octanol–water partition coefficient (Wildman–Crippen LogP) is 1.41. The first kappa shape index (κ1) is 9.21. The molecule has 0 amide bonds. The first-order valence-electron chi connectivity index (χ1n) is 4.63. The second kappa shape index (κ2) is 3.10. The van der Waals surface area contributed by atoms with Crippen LogP contribution in [0.5, 0.6) is 0 Å². The van der Waals surface area contributed by atoms with Crippen LogP contribution in [0.2, 0.25) is 0 Å². The van der Waals surface area contributed by atoms with Gasteiger partial charge in [0.2, 0.25) is 0 Å². The Morgan fingerprint density at radius 1 is 1.29 bits per heavy atom. The number of aliphatic hydroxyl groups excluding tert-OH is 1. The molecule has 1 aliphatic carbocycles. The van der Waals surface area contributed by atoms with E-state index in [2.05, 4.69) is 0 Å². The number of aliphatic hydroxyl groups is 1. The van der Waals surface area contributed by atoms with E-state index in [1.54, 1.807) is 24.3 Å². The van der Waals surface area contributed by atoms with Crippen LogP contribution in [-0.2, 0) is 5.41 Å². The molecule has 1 saturated carbocycles. The highest BCUT2D eigenvalue weighted by molar-refractivity contribution is 5.87. The van der Waals surface area contributed by atoms with Crippen LogP contribution in [0.25, 0.3) is 0 Å². The summed E-state index contributed by atoms with van der Waals surface area (Å²) in [6.45, 7) is 0.152. The lowest BCUT2D eigenvalue weighted by molar-refractivity contribution is 0.0697. The van der Waals surface area contributed by atoms with E-state index in [0.29, 0.717) is 5.56 Å². The molecule has 0 atom stereocenters. The lowest BCUT2D eigenvalue weighted by atomic mass is 9.96. The van der Waals surface area contributed by atoms with Gasteiger partial charge in [-0.05, 0) is 30.5 Å². The fourth-order valence-electron chi connectivity index (χ4n) is 1.66. The van der Waals surface area contributed by atoms with E-state index < -0.39 is 5.97 Å². The zero-order valence-electron chi connectivity index (χ0n) is 7.73. The summed E-state index contributed by atoms with van der Waals surface area (Å²) in [7, 11) is 0. The van der Waals surface area contributed by atoms with Gasteiger partial charge in [-0.15, -0.1) is 0 Å². The second-order valence-electron chi connectivity index (χ2n) is 3.82. The van der Waals surface area contributed by atoms with Crippen molar-refractivity contribution in [2.24, 2.45) is 0 Å². The van der Waals surface area contributed by atoms with E-state index in [1.165, 1.54) is 0 Å². The SMILES string of the molecule is O=C(O)c1ccc(C2(CO)CC2)cc1. The smallest absolute Gasteiger partial charge is 0.335 e. The molecule has 3 heteroatoms. The Kier molecular flexibility index (Phi) is 2.04. The Bertz CT molecular complexity index is 349. The fraction of sp³-hybridized carbons (Fsp3) is 0.364. The Morgan fingerprint density at radius 2 is 1.86 bits per heavy atom. The van der Waals surface area contributed by atoms with Crippen LogP contribution in [-0.4, -0.2) is 22.8 Å². The average molecular weight is 192 g/mol. The first-order chi connectivity index (χ1) is 6.68. The maximum atomic E-state index is 10.6. The summed E-state index contributed by atoms with van der Waals surface area (Å²) < 4.78 is 0. The molecule has 0 aromatic heterocycles. The number of aromatic carboxylic acids is 1. The minimum atomic E-state index is -0.912. The van der Waals surface area contributed by atoms with Gasteiger partial charge in [-0.1, -0.05) is 12.1 Å². The molecule has 1 aromatic rings. The van der Waals surface area contributed by atoms with Crippen molar-refractivity contribution in [2.45, 2.75) is 18.3 Å². The highest BCUT2D eigenvalue weighted by atomic mass is 16.4. The van der Waals surface area contributed by atoms with Crippen molar-refractivity contribution in [2.75, 3.05) is 6.61 Å². The summed E-state index contributed by atoms with van der Waals surface area (Å²) in [5.74, 6) is -0.912. The van der Waals surface area contributed by atoms with Gasteiger partial charge in [-0.3, -0.25) is 0 Å². The standard InChI is InChI=1S/C11H12O3/c12-7-11(5-6-11)9-3-1-8(2-4-9)10(13)14/h1-4,12H,5-7H2,(H,13,14). The van der Waals surface area contributed by atoms with Crippen LogP contribution in [0.4, 0.5) is 0 Å². The molecule has 1 aromatic carbocycles. The number of carboxylic acids is 1. The van der Waals surface area contributed by atoms with Gasteiger partial charge in [0.1, 0.15) is 0 Å². The topological polar surface area (TPSA) is 57.5 Å². The van der Waals surface area contributed by atoms with Gasteiger partial charge in [-0.25, -0.2) is 4.79 Å². The summed E-state index contributed by atoms with van der Waals surface area (Å²) in [5.41, 5.74) is 1.27. The van der Waals surface area contributed by atoms with Crippen molar-refractivity contribution in [3.8, 4) is 0 Å². The highest BCUT2D eigenvalue weighted by Gasteiger charge is 2.43. The van der Waals surface area contributed by atoms with Gasteiger partial charge in [0.15, 0.2) is 0 Å². The van der Waals surface area contributed by atoms with Crippen molar-refractivity contribution in [1.29, 1.82) is 0 Å². The van der Waals surface area contributed by atoms with Gasteiger partial charge in [0, 0.05) is 5.41 Å². The average Bonchev–Trinajstić information content (AvgIpc) is 2.99. The summed E-state index contributed by atoms with van der Waals surface area (Å²) in [5, 5.41) is 17.9. The Hall–Kier alpha value is -1.35. The van der Waals surface area contributed by atoms with Gasteiger partial charge in [0.25, 0.3) is 0 Å². The molecule has 2 N–H and O–H groups in total. The van der Waals surface area contributed by atoms with Crippen molar-refractivity contribution >= 4 is 5.97 Å². The molecule has 0 bridgehead atoms. The second-order valence-corrected chi connectivity index (χ2v) is 3.82. The molecule has 0 spiro atoms. The van der Waals surface area contributed by atoms with Gasteiger partial charge in [-0.2, -0.15) is 0 Å². The number of benzene rings is 1. The molecular weight excluding hydrogens is 180 g/mol. The van der Waals surface area contributed by atoms with Crippen LogP contribution in [0.3, 0.4) is 0 Å². The third-order valence-electron chi connectivity index (χ3n) is 2.90. The van der Waals surface area contributed by atoms with Crippen LogP contribution >= 0.6 is 0 Å². The molecule has 3 nitrogen and oxygen atoms in total. The van der Waals surface area contributed by atoms with Gasteiger partial charge in [0.05, 0.1) is 12.2 Å². The van der Waals surface area contributed by atoms with Crippen LogP contribution in [0.15, 0.2) is 24.3 Å². The van der Waals surface area contributed by atoms with Crippen LogP contribution in [0.1, 0.15) is 28.8 Å². The third-order valence-corrected chi connectivity index (χ3v) is 2.90. The molecule has 0 radical (unpaired) electrons. The van der Waals surface area contributed by atoms with Crippen LogP contribution < -0.4 is 0 Å². The lowest BCUT2D eigenvalue weighted by Crippen LogP contribution is -2.11. The number of carbonyl (C=O) groups is 1. The summed E-state index contributed by atoms with van der Waals surface area (Å²) >= 11 is 0. The predicted molar refractivity (Wildman–Crippen MR) is 51.4 cm³/mol. The number of rotatable bonds is 3. The van der Waals surface area contributed by atoms with Crippen molar-refractivity contribution in [3.05, 3.63) is 35.4 Å². The molecule has 2 rings (SSSR count). The summed E-state index contributed by atoms with van der Waals surface area (Å²) in [6, 6.07) is 6.78. The van der Waals surface area contributed by atoms with E-state index in [-0.39, 0.29) is 12.0 Å². The monoisotopic (exact) mass is 192 g/mol.